The lowest BCUT2D eigenvalue weighted by Crippen LogP contribution is -2.11. The van der Waals surface area contributed by atoms with E-state index in [1.54, 1.807) is 11.1 Å². The van der Waals surface area contributed by atoms with Gasteiger partial charge in [-0.3, -0.25) is 0 Å². The average Bonchev–Trinajstić information content (AvgIpc) is 2.15. The molecular weight excluding hydrogens is 168 g/mol. The number of hydrogen-bond donors (Lipinski definition) is 0. The van der Waals surface area contributed by atoms with E-state index in [9.17, 15) is 0 Å². The first-order valence-electron chi connectivity index (χ1n) is 5.70. The number of rotatable bonds is 0. The molecule has 0 aliphatic heterocycles. The zero-order chi connectivity index (χ0) is 10.3. The summed E-state index contributed by atoms with van der Waals surface area (Å²) in [5, 5.41) is 0. The van der Waals surface area contributed by atoms with E-state index in [0.29, 0.717) is 0 Å². The van der Waals surface area contributed by atoms with Crippen LogP contribution in [0.2, 0.25) is 0 Å². The third-order valence-corrected chi connectivity index (χ3v) is 3.79. The van der Waals surface area contributed by atoms with Crippen molar-refractivity contribution in [2.24, 2.45) is 0 Å². The van der Waals surface area contributed by atoms with E-state index in [-0.39, 0.29) is 0 Å². The van der Waals surface area contributed by atoms with Gasteiger partial charge in [-0.1, -0.05) is 26.0 Å². The van der Waals surface area contributed by atoms with E-state index in [1.807, 2.05) is 0 Å². The van der Waals surface area contributed by atoms with E-state index in [0.717, 1.165) is 11.8 Å². The maximum absolute atomic E-state index is 2.41. The lowest BCUT2D eigenvalue weighted by atomic mass is 9.77. The molecule has 0 aromatic heterocycles. The molecular formula is C14H20. The molecule has 0 amide bonds. The van der Waals surface area contributed by atoms with Crippen LogP contribution in [0.5, 0.6) is 0 Å². The zero-order valence-corrected chi connectivity index (χ0v) is 9.72. The van der Waals surface area contributed by atoms with Crippen LogP contribution >= 0.6 is 0 Å². The lowest BCUT2D eigenvalue weighted by Gasteiger charge is -2.28. The van der Waals surface area contributed by atoms with Crippen molar-refractivity contribution in [3.63, 3.8) is 0 Å². The van der Waals surface area contributed by atoms with Crippen molar-refractivity contribution in [3.05, 3.63) is 34.4 Å². The molecule has 1 aliphatic carbocycles. The minimum absolute atomic E-state index is 0.764. The monoisotopic (exact) mass is 188 g/mol. The lowest BCUT2D eigenvalue weighted by molar-refractivity contribution is 0.526. The van der Waals surface area contributed by atoms with Gasteiger partial charge in [0.25, 0.3) is 0 Å². The van der Waals surface area contributed by atoms with E-state index >= 15 is 0 Å². The maximum Gasteiger partial charge on any atom is -0.0187 e. The molecule has 1 aromatic carbocycles. The fourth-order valence-electron chi connectivity index (χ4n) is 2.53. The molecule has 1 aromatic rings. The normalized spacial score (nSPS) is 26.0. The quantitative estimate of drug-likeness (QED) is 0.569. The van der Waals surface area contributed by atoms with Crippen molar-refractivity contribution >= 4 is 0 Å². The standard InChI is InChI=1S/C14H20/c1-9-5-6-10(2)14-8-12(4)11(3)7-13(9)14/h7-10H,5-6H2,1-4H3/t9-,10+. The molecule has 0 fully saturated rings. The van der Waals surface area contributed by atoms with E-state index in [1.165, 1.54) is 24.0 Å². The Balaban J connectivity index is 2.56. The summed E-state index contributed by atoms with van der Waals surface area (Å²) in [6.07, 6.45) is 2.72. The predicted octanol–water partition coefficient (Wildman–Crippen LogP) is 4.30. The van der Waals surface area contributed by atoms with Crippen molar-refractivity contribution in [3.8, 4) is 0 Å². The van der Waals surface area contributed by atoms with Crippen molar-refractivity contribution in [2.75, 3.05) is 0 Å². The third kappa shape index (κ3) is 1.47. The Hall–Kier alpha value is -0.780. The Bertz CT molecular complexity index is 314. The molecule has 2 rings (SSSR count). The number of benzene rings is 1. The van der Waals surface area contributed by atoms with Gasteiger partial charge < -0.3 is 0 Å². The topological polar surface area (TPSA) is 0 Å². The average molecular weight is 188 g/mol. The first kappa shape index (κ1) is 9.76. The van der Waals surface area contributed by atoms with Gasteiger partial charge in [-0.25, -0.2) is 0 Å². The Morgan fingerprint density at radius 2 is 1.21 bits per heavy atom. The first-order chi connectivity index (χ1) is 6.59. The van der Waals surface area contributed by atoms with Gasteiger partial charge in [0.05, 0.1) is 0 Å². The SMILES string of the molecule is Cc1cc2c(cc1C)[C@@H](C)CC[C@H]2C. The minimum atomic E-state index is 0.764. The smallest absolute Gasteiger partial charge is 0.0187 e. The van der Waals surface area contributed by atoms with Gasteiger partial charge in [-0.2, -0.15) is 0 Å². The van der Waals surface area contributed by atoms with Gasteiger partial charge in [0.1, 0.15) is 0 Å². The molecule has 76 valence electrons. The summed E-state index contributed by atoms with van der Waals surface area (Å²) in [6.45, 7) is 9.17. The Labute approximate surface area is 87.3 Å². The van der Waals surface area contributed by atoms with E-state index in [4.69, 9.17) is 0 Å². The highest BCUT2D eigenvalue weighted by molar-refractivity contribution is 5.42. The Kier molecular flexibility index (Phi) is 2.38. The molecule has 0 unspecified atom stereocenters. The van der Waals surface area contributed by atoms with Crippen molar-refractivity contribution in [2.45, 2.75) is 52.4 Å². The molecule has 2 atom stereocenters. The zero-order valence-electron chi connectivity index (χ0n) is 9.72. The van der Waals surface area contributed by atoms with Crippen LogP contribution < -0.4 is 0 Å². The first-order valence-corrected chi connectivity index (χ1v) is 5.70. The summed E-state index contributed by atoms with van der Waals surface area (Å²) in [5.74, 6) is 1.53. The Morgan fingerprint density at radius 1 is 0.857 bits per heavy atom. The van der Waals surface area contributed by atoms with Crippen molar-refractivity contribution in [1.82, 2.24) is 0 Å². The van der Waals surface area contributed by atoms with Crippen LogP contribution in [0, 0.1) is 13.8 Å². The minimum Gasteiger partial charge on any atom is -0.0584 e. The molecule has 1 aliphatic rings. The largest absolute Gasteiger partial charge is 0.0584 e. The number of hydrogen-bond acceptors (Lipinski definition) is 0. The van der Waals surface area contributed by atoms with Crippen LogP contribution in [0.4, 0.5) is 0 Å². The fourth-order valence-corrected chi connectivity index (χ4v) is 2.53. The van der Waals surface area contributed by atoms with Crippen molar-refractivity contribution in [1.29, 1.82) is 0 Å². The summed E-state index contributed by atoms with van der Waals surface area (Å²) in [6, 6.07) is 4.82. The molecule has 0 radical (unpaired) electrons. The second kappa shape index (κ2) is 3.42. The van der Waals surface area contributed by atoms with Crippen LogP contribution in [-0.4, -0.2) is 0 Å². The second-order valence-electron chi connectivity index (χ2n) is 4.94. The number of aryl methyl sites for hydroxylation is 2. The van der Waals surface area contributed by atoms with Gasteiger partial charge >= 0.3 is 0 Å². The summed E-state index contributed by atoms with van der Waals surface area (Å²) in [4.78, 5) is 0. The van der Waals surface area contributed by atoms with Crippen LogP contribution in [0.1, 0.15) is 60.8 Å². The van der Waals surface area contributed by atoms with Gasteiger partial charge in [-0.05, 0) is 60.8 Å². The second-order valence-corrected chi connectivity index (χ2v) is 4.94. The molecule has 0 heteroatoms. The van der Waals surface area contributed by atoms with Crippen molar-refractivity contribution < 1.29 is 0 Å². The molecule has 0 saturated heterocycles. The molecule has 0 bridgehead atoms. The van der Waals surface area contributed by atoms with Crippen LogP contribution in [0.3, 0.4) is 0 Å². The van der Waals surface area contributed by atoms with Gasteiger partial charge in [0, 0.05) is 0 Å². The molecule has 0 spiro atoms. The summed E-state index contributed by atoms with van der Waals surface area (Å²) >= 11 is 0. The fraction of sp³-hybridized carbons (Fsp3) is 0.571. The maximum atomic E-state index is 2.41. The summed E-state index contributed by atoms with van der Waals surface area (Å²) < 4.78 is 0. The summed E-state index contributed by atoms with van der Waals surface area (Å²) in [7, 11) is 0. The molecule has 0 heterocycles. The van der Waals surface area contributed by atoms with Crippen LogP contribution in [0.15, 0.2) is 12.1 Å². The molecule has 0 N–H and O–H groups in total. The molecule has 14 heavy (non-hydrogen) atoms. The van der Waals surface area contributed by atoms with Gasteiger partial charge in [-0.15, -0.1) is 0 Å². The van der Waals surface area contributed by atoms with Gasteiger partial charge in [0.2, 0.25) is 0 Å². The molecule has 0 saturated carbocycles. The highest BCUT2D eigenvalue weighted by Gasteiger charge is 2.22. The highest BCUT2D eigenvalue weighted by Crippen LogP contribution is 2.39. The van der Waals surface area contributed by atoms with Crippen LogP contribution in [-0.2, 0) is 0 Å². The van der Waals surface area contributed by atoms with Crippen LogP contribution in [0.25, 0.3) is 0 Å². The molecule has 0 nitrogen and oxygen atoms in total. The highest BCUT2D eigenvalue weighted by atomic mass is 14.3. The number of fused-ring (bicyclic) bond motifs is 1. The summed E-state index contributed by atoms with van der Waals surface area (Å²) in [5.41, 5.74) is 6.10. The van der Waals surface area contributed by atoms with E-state index in [2.05, 4.69) is 39.8 Å². The Morgan fingerprint density at radius 3 is 1.57 bits per heavy atom. The van der Waals surface area contributed by atoms with Gasteiger partial charge in [0.15, 0.2) is 0 Å². The van der Waals surface area contributed by atoms with E-state index < -0.39 is 0 Å². The third-order valence-electron chi connectivity index (χ3n) is 3.79. The predicted molar refractivity (Wildman–Crippen MR) is 62.0 cm³/mol.